The third-order valence-electron chi connectivity index (χ3n) is 5.48. The van der Waals surface area contributed by atoms with Gasteiger partial charge in [0.15, 0.2) is 0 Å². The van der Waals surface area contributed by atoms with Crippen LogP contribution in [-0.2, 0) is 17.8 Å². The van der Waals surface area contributed by atoms with Crippen molar-refractivity contribution in [2.75, 3.05) is 6.54 Å². The van der Waals surface area contributed by atoms with E-state index in [0.29, 0.717) is 13.1 Å². The first-order valence-electron chi connectivity index (χ1n) is 9.81. The highest BCUT2D eigenvalue weighted by Crippen LogP contribution is 2.32. The number of rotatable bonds is 5. The van der Waals surface area contributed by atoms with Gasteiger partial charge in [0.2, 0.25) is 5.91 Å². The summed E-state index contributed by atoms with van der Waals surface area (Å²) in [6, 6.07) is 12.4. The summed E-state index contributed by atoms with van der Waals surface area (Å²) in [4.78, 5) is 19.4. The van der Waals surface area contributed by atoms with E-state index in [1.165, 1.54) is 24.3 Å². The molecule has 1 amide bonds. The number of halogens is 2. The van der Waals surface area contributed by atoms with Crippen LogP contribution in [0.15, 0.2) is 54.7 Å². The molecule has 0 radical (unpaired) electrons. The van der Waals surface area contributed by atoms with Crippen LogP contribution in [0.5, 0.6) is 0 Å². The first-order valence-corrected chi connectivity index (χ1v) is 9.81. The first kappa shape index (κ1) is 19.3. The third-order valence-corrected chi connectivity index (χ3v) is 5.48. The van der Waals surface area contributed by atoms with Gasteiger partial charge in [0.25, 0.3) is 0 Å². The number of carbonyl (C=O) groups is 1. The van der Waals surface area contributed by atoms with Gasteiger partial charge in [-0.05, 0) is 55.2 Å². The summed E-state index contributed by atoms with van der Waals surface area (Å²) in [6.07, 6.45) is 3.84. The van der Waals surface area contributed by atoms with E-state index in [4.69, 9.17) is 0 Å². The van der Waals surface area contributed by atoms with E-state index in [9.17, 15) is 13.6 Å². The smallest absolute Gasteiger partial charge is 0.227 e. The van der Waals surface area contributed by atoms with Gasteiger partial charge in [-0.3, -0.25) is 4.79 Å². The minimum atomic E-state index is -0.307. The van der Waals surface area contributed by atoms with Gasteiger partial charge in [0, 0.05) is 25.0 Å². The summed E-state index contributed by atoms with van der Waals surface area (Å²) in [6.45, 7) is 3.25. The fourth-order valence-corrected chi connectivity index (χ4v) is 3.94. The van der Waals surface area contributed by atoms with E-state index in [0.717, 1.165) is 35.5 Å². The number of nitrogens with zero attached hydrogens (tertiary/aromatic N) is 3. The summed E-state index contributed by atoms with van der Waals surface area (Å²) in [5.41, 5.74) is 2.78. The minimum Gasteiger partial charge on any atom is -0.332 e. The Morgan fingerprint density at radius 2 is 1.66 bits per heavy atom. The van der Waals surface area contributed by atoms with Gasteiger partial charge < -0.3 is 9.47 Å². The minimum absolute atomic E-state index is 0.0214. The maximum absolute atomic E-state index is 13.2. The molecule has 150 valence electrons. The lowest BCUT2D eigenvalue weighted by molar-refractivity contribution is -0.131. The number of benzene rings is 2. The summed E-state index contributed by atoms with van der Waals surface area (Å²) in [7, 11) is 0. The molecule has 0 saturated carbocycles. The summed E-state index contributed by atoms with van der Waals surface area (Å²) in [5, 5.41) is 0. The molecule has 2 aromatic carbocycles. The molecule has 29 heavy (non-hydrogen) atoms. The predicted molar refractivity (Wildman–Crippen MR) is 106 cm³/mol. The van der Waals surface area contributed by atoms with Crippen molar-refractivity contribution in [3.8, 4) is 0 Å². The quantitative estimate of drug-likeness (QED) is 0.641. The molecular weight excluding hydrogens is 372 g/mol. The molecule has 1 aromatic heterocycles. The highest BCUT2D eigenvalue weighted by molar-refractivity contribution is 5.79. The van der Waals surface area contributed by atoms with E-state index in [-0.39, 0.29) is 30.0 Å². The molecule has 4 nitrogen and oxygen atoms in total. The molecule has 0 bridgehead atoms. The van der Waals surface area contributed by atoms with Gasteiger partial charge in [0.1, 0.15) is 17.5 Å². The largest absolute Gasteiger partial charge is 0.332 e. The lowest BCUT2D eigenvalue weighted by atomic mass is 10.1. The Hall–Kier alpha value is -3.02. The number of hydrogen-bond acceptors (Lipinski definition) is 2. The molecule has 0 spiro atoms. The van der Waals surface area contributed by atoms with Crippen LogP contribution in [-0.4, -0.2) is 26.9 Å². The number of hydrogen-bond donors (Lipinski definition) is 0. The number of amides is 1. The zero-order valence-corrected chi connectivity index (χ0v) is 16.3. The van der Waals surface area contributed by atoms with Crippen molar-refractivity contribution < 1.29 is 13.6 Å². The lowest BCUT2D eigenvalue weighted by Gasteiger charge is -2.25. The second-order valence-electron chi connectivity index (χ2n) is 7.52. The molecule has 4 rings (SSSR count). The number of aryl methyl sites for hydroxylation is 1. The third kappa shape index (κ3) is 4.21. The van der Waals surface area contributed by atoms with Crippen molar-refractivity contribution in [2.24, 2.45) is 0 Å². The Morgan fingerprint density at radius 1 is 1.03 bits per heavy atom. The second kappa shape index (κ2) is 8.15. The van der Waals surface area contributed by atoms with E-state index < -0.39 is 0 Å². The van der Waals surface area contributed by atoms with Gasteiger partial charge in [0.05, 0.1) is 12.5 Å². The molecule has 1 fully saturated rings. The number of aromatic nitrogens is 2. The normalized spacial score (nSPS) is 16.4. The summed E-state index contributed by atoms with van der Waals surface area (Å²) >= 11 is 0. The van der Waals surface area contributed by atoms with E-state index in [2.05, 4.69) is 9.55 Å². The van der Waals surface area contributed by atoms with Gasteiger partial charge in [-0.2, -0.15) is 0 Å². The van der Waals surface area contributed by atoms with Crippen molar-refractivity contribution in [1.82, 2.24) is 14.5 Å². The highest BCUT2D eigenvalue weighted by atomic mass is 19.1. The number of imidazole rings is 1. The Morgan fingerprint density at radius 3 is 2.31 bits per heavy atom. The molecule has 3 aromatic rings. The van der Waals surface area contributed by atoms with Crippen LogP contribution in [0.1, 0.15) is 41.5 Å². The standard InChI is InChI=1S/C23H23F2N3O/c1-16-14-26-23(28(16)15-18-6-10-20(25)11-7-18)21-3-2-12-27(21)22(29)13-17-4-8-19(24)9-5-17/h4-11,14,21H,2-3,12-13,15H2,1H3. The van der Waals surface area contributed by atoms with Crippen LogP contribution in [0, 0.1) is 18.6 Å². The number of carbonyl (C=O) groups excluding carboxylic acids is 1. The summed E-state index contributed by atoms with van der Waals surface area (Å²) < 4.78 is 28.5. The van der Waals surface area contributed by atoms with Crippen LogP contribution >= 0.6 is 0 Å². The van der Waals surface area contributed by atoms with Gasteiger partial charge in [-0.15, -0.1) is 0 Å². The second-order valence-corrected chi connectivity index (χ2v) is 7.52. The molecule has 0 N–H and O–H groups in total. The van der Waals surface area contributed by atoms with E-state index in [1.807, 2.05) is 18.0 Å². The van der Waals surface area contributed by atoms with Crippen molar-refractivity contribution in [3.05, 3.63) is 89.0 Å². The average Bonchev–Trinajstić information content (AvgIpc) is 3.33. The average molecular weight is 395 g/mol. The zero-order chi connectivity index (χ0) is 20.4. The van der Waals surface area contributed by atoms with Crippen LogP contribution in [0.2, 0.25) is 0 Å². The molecule has 6 heteroatoms. The molecule has 1 aliphatic heterocycles. The monoisotopic (exact) mass is 395 g/mol. The topological polar surface area (TPSA) is 38.1 Å². The van der Waals surface area contributed by atoms with E-state index >= 15 is 0 Å². The van der Waals surface area contributed by atoms with Crippen molar-refractivity contribution in [3.63, 3.8) is 0 Å². The Kier molecular flexibility index (Phi) is 5.43. The van der Waals surface area contributed by atoms with Gasteiger partial charge in [-0.1, -0.05) is 24.3 Å². The van der Waals surface area contributed by atoms with Gasteiger partial charge >= 0.3 is 0 Å². The van der Waals surface area contributed by atoms with Crippen LogP contribution in [0.3, 0.4) is 0 Å². The number of likely N-dealkylation sites (tertiary alicyclic amines) is 1. The Balaban J connectivity index is 1.55. The molecule has 2 heterocycles. The molecule has 1 unspecified atom stereocenters. The zero-order valence-electron chi connectivity index (χ0n) is 16.3. The fraction of sp³-hybridized carbons (Fsp3) is 0.304. The maximum atomic E-state index is 13.2. The first-order chi connectivity index (χ1) is 14.0. The van der Waals surface area contributed by atoms with Crippen molar-refractivity contribution in [1.29, 1.82) is 0 Å². The van der Waals surface area contributed by atoms with Crippen LogP contribution < -0.4 is 0 Å². The van der Waals surface area contributed by atoms with Crippen molar-refractivity contribution in [2.45, 2.75) is 38.8 Å². The Labute approximate surface area is 168 Å². The predicted octanol–water partition coefficient (Wildman–Crippen LogP) is 4.42. The van der Waals surface area contributed by atoms with Gasteiger partial charge in [-0.25, -0.2) is 13.8 Å². The lowest BCUT2D eigenvalue weighted by Crippen LogP contribution is -2.33. The molecular formula is C23H23F2N3O. The molecule has 1 atom stereocenters. The maximum Gasteiger partial charge on any atom is 0.227 e. The molecule has 1 saturated heterocycles. The summed E-state index contributed by atoms with van der Waals surface area (Å²) in [5.74, 6) is 0.313. The highest BCUT2D eigenvalue weighted by Gasteiger charge is 2.33. The van der Waals surface area contributed by atoms with Crippen LogP contribution in [0.4, 0.5) is 8.78 Å². The van der Waals surface area contributed by atoms with E-state index in [1.54, 1.807) is 24.3 Å². The molecule has 0 aliphatic carbocycles. The SMILES string of the molecule is Cc1cnc(C2CCCN2C(=O)Cc2ccc(F)cc2)n1Cc1ccc(F)cc1. The van der Waals surface area contributed by atoms with Crippen molar-refractivity contribution >= 4 is 5.91 Å². The molecule has 1 aliphatic rings. The fourth-order valence-electron chi connectivity index (χ4n) is 3.94. The van der Waals surface area contributed by atoms with Crippen LogP contribution in [0.25, 0.3) is 0 Å². The Bertz CT molecular complexity index is 996.